The van der Waals surface area contributed by atoms with Gasteiger partial charge < -0.3 is 0 Å². The molecule has 10 heteroatoms. The Hall–Kier alpha value is -1.32. The van der Waals surface area contributed by atoms with Crippen LogP contribution in [0.2, 0.25) is 10.0 Å². The highest BCUT2D eigenvalue weighted by atomic mass is 35.5. The second-order valence-electron chi connectivity index (χ2n) is 4.41. The molecule has 23 heavy (non-hydrogen) atoms. The topological polar surface area (TPSA) is 92.3 Å². The van der Waals surface area contributed by atoms with Gasteiger partial charge in [-0.15, -0.1) is 0 Å². The van der Waals surface area contributed by atoms with E-state index in [9.17, 15) is 16.8 Å². The number of hydrogen-bond donors (Lipinski definition) is 2. The molecule has 0 aromatic heterocycles. The second-order valence-corrected chi connectivity index (χ2v) is 8.79. The summed E-state index contributed by atoms with van der Waals surface area (Å²) in [5.41, 5.74) is 0.191. The molecular weight excluding hydrogens is 383 g/mol. The first kappa shape index (κ1) is 18.0. The molecule has 0 unspecified atom stereocenters. The molecule has 0 saturated carbocycles. The van der Waals surface area contributed by atoms with E-state index in [0.717, 1.165) is 0 Å². The zero-order valence-electron chi connectivity index (χ0n) is 11.7. The lowest BCUT2D eigenvalue weighted by molar-refractivity contribution is 0.588. The Morgan fingerprint density at radius 3 is 2.04 bits per heavy atom. The van der Waals surface area contributed by atoms with Crippen molar-refractivity contribution in [3.63, 3.8) is 0 Å². The van der Waals surface area contributed by atoms with Gasteiger partial charge in [-0.1, -0.05) is 23.2 Å². The summed E-state index contributed by atoms with van der Waals surface area (Å²) >= 11 is 11.7. The van der Waals surface area contributed by atoms with E-state index < -0.39 is 20.0 Å². The Bertz CT molecular complexity index is 927. The number of benzene rings is 2. The molecule has 2 rings (SSSR count). The van der Waals surface area contributed by atoms with Crippen LogP contribution >= 0.6 is 23.2 Å². The van der Waals surface area contributed by atoms with Crippen molar-refractivity contribution < 1.29 is 16.8 Å². The van der Waals surface area contributed by atoms with E-state index in [1.54, 1.807) is 0 Å². The van der Waals surface area contributed by atoms with Crippen LogP contribution in [0.25, 0.3) is 0 Å². The summed E-state index contributed by atoms with van der Waals surface area (Å²) in [5.74, 6) is 0. The molecular formula is C13H12Cl2N2O4S2. The lowest BCUT2D eigenvalue weighted by atomic mass is 10.3. The number of sulfonamides is 2. The monoisotopic (exact) mass is 394 g/mol. The summed E-state index contributed by atoms with van der Waals surface area (Å²) in [4.78, 5) is -0.151. The van der Waals surface area contributed by atoms with Gasteiger partial charge in [0, 0.05) is 10.7 Å². The number of rotatable bonds is 5. The minimum atomic E-state index is -3.95. The minimum Gasteiger partial charge on any atom is -0.280 e. The highest BCUT2D eigenvalue weighted by Crippen LogP contribution is 2.27. The first-order chi connectivity index (χ1) is 10.7. The fraction of sp³-hybridized carbons (Fsp3) is 0.0769. The maximum atomic E-state index is 12.3. The Morgan fingerprint density at radius 1 is 0.870 bits per heavy atom. The van der Waals surface area contributed by atoms with Crippen molar-refractivity contribution in [1.82, 2.24) is 4.72 Å². The van der Waals surface area contributed by atoms with Crippen LogP contribution in [0.3, 0.4) is 0 Å². The van der Waals surface area contributed by atoms with E-state index in [0.29, 0.717) is 0 Å². The van der Waals surface area contributed by atoms with Crippen molar-refractivity contribution in [3.8, 4) is 0 Å². The van der Waals surface area contributed by atoms with Gasteiger partial charge in [-0.25, -0.2) is 21.6 Å². The average Bonchev–Trinajstić information content (AvgIpc) is 2.49. The first-order valence-corrected chi connectivity index (χ1v) is 9.89. The predicted molar refractivity (Wildman–Crippen MR) is 90.0 cm³/mol. The van der Waals surface area contributed by atoms with Gasteiger partial charge in [0.05, 0.1) is 9.92 Å². The van der Waals surface area contributed by atoms with Gasteiger partial charge in [-0.05, 0) is 49.5 Å². The third kappa shape index (κ3) is 4.15. The molecule has 0 spiro atoms. The van der Waals surface area contributed by atoms with E-state index in [4.69, 9.17) is 23.2 Å². The molecule has 6 nitrogen and oxygen atoms in total. The van der Waals surface area contributed by atoms with Crippen LogP contribution in [0.15, 0.2) is 52.3 Å². The Balaban J connectivity index is 2.33. The quantitative estimate of drug-likeness (QED) is 0.814. The van der Waals surface area contributed by atoms with Crippen LogP contribution in [0, 0.1) is 0 Å². The average molecular weight is 395 g/mol. The molecule has 0 fully saturated rings. The van der Waals surface area contributed by atoms with Crippen LogP contribution in [0.1, 0.15) is 0 Å². The van der Waals surface area contributed by atoms with Gasteiger partial charge >= 0.3 is 0 Å². The molecule has 2 N–H and O–H groups in total. The molecule has 0 heterocycles. The van der Waals surface area contributed by atoms with Gasteiger partial charge in [0.25, 0.3) is 10.0 Å². The van der Waals surface area contributed by atoms with Crippen molar-refractivity contribution in [3.05, 3.63) is 52.5 Å². The van der Waals surface area contributed by atoms with E-state index in [2.05, 4.69) is 9.44 Å². The summed E-state index contributed by atoms with van der Waals surface area (Å²) in [7, 11) is -6.26. The third-order valence-electron chi connectivity index (χ3n) is 2.87. The molecule has 2 aromatic rings. The zero-order valence-corrected chi connectivity index (χ0v) is 14.9. The molecule has 0 aliphatic rings. The number of anilines is 1. The molecule has 2 aromatic carbocycles. The summed E-state index contributed by atoms with van der Waals surface area (Å²) in [5, 5.41) is 0.251. The largest absolute Gasteiger partial charge is 0.280 e. The van der Waals surface area contributed by atoms with Crippen molar-refractivity contribution >= 4 is 48.9 Å². The summed E-state index contributed by atoms with van der Waals surface area (Å²) < 4.78 is 52.4. The first-order valence-electron chi connectivity index (χ1n) is 6.17. The van der Waals surface area contributed by atoms with Crippen LogP contribution in [-0.4, -0.2) is 23.9 Å². The van der Waals surface area contributed by atoms with Gasteiger partial charge in [-0.2, -0.15) is 0 Å². The van der Waals surface area contributed by atoms with E-state index >= 15 is 0 Å². The summed E-state index contributed by atoms with van der Waals surface area (Å²) in [6, 6.07) is 9.31. The van der Waals surface area contributed by atoms with E-state index in [-0.39, 0.29) is 25.5 Å². The van der Waals surface area contributed by atoms with Gasteiger partial charge in [0.2, 0.25) is 10.0 Å². The van der Waals surface area contributed by atoms with Crippen molar-refractivity contribution in [2.45, 2.75) is 9.79 Å². The van der Waals surface area contributed by atoms with Gasteiger partial charge in [0.1, 0.15) is 4.90 Å². The number of halogens is 2. The Kier molecular flexibility index (Phi) is 5.22. The molecule has 0 amide bonds. The van der Waals surface area contributed by atoms with Crippen molar-refractivity contribution in [1.29, 1.82) is 0 Å². The van der Waals surface area contributed by atoms with Crippen molar-refractivity contribution in [2.75, 3.05) is 11.8 Å². The standard InChI is InChI=1S/C13H12Cl2N2O4S2/c1-16-22(18,19)11-5-3-10(4-6-11)17-23(20,21)13-8-9(14)2-7-12(13)15/h2-8,16-17H,1H3. The van der Waals surface area contributed by atoms with Crippen LogP contribution in [0.4, 0.5) is 5.69 Å². The third-order valence-corrected chi connectivity index (χ3v) is 6.40. The number of nitrogens with one attached hydrogen (secondary N) is 2. The Labute approximate surface area is 144 Å². The predicted octanol–water partition coefficient (Wildman–Crippen LogP) is 2.70. The SMILES string of the molecule is CNS(=O)(=O)c1ccc(NS(=O)(=O)c2cc(Cl)ccc2Cl)cc1. The van der Waals surface area contributed by atoms with Gasteiger partial charge in [0.15, 0.2) is 0 Å². The summed E-state index contributed by atoms with van der Waals surface area (Å²) in [6.07, 6.45) is 0. The molecule has 0 atom stereocenters. The maximum absolute atomic E-state index is 12.3. The lowest BCUT2D eigenvalue weighted by Crippen LogP contribution is -2.18. The second kappa shape index (κ2) is 6.66. The molecule has 0 aliphatic carbocycles. The molecule has 0 saturated heterocycles. The van der Waals surface area contributed by atoms with Crippen LogP contribution < -0.4 is 9.44 Å². The smallest absolute Gasteiger partial charge is 0.263 e. The summed E-state index contributed by atoms with van der Waals surface area (Å²) in [6.45, 7) is 0. The molecule has 0 radical (unpaired) electrons. The highest BCUT2D eigenvalue weighted by Gasteiger charge is 2.19. The number of hydrogen-bond acceptors (Lipinski definition) is 4. The normalized spacial score (nSPS) is 12.1. The molecule has 0 aliphatic heterocycles. The van der Waals surface area contributed by atoms with Crippen LogP contribution in [-0.2, 0) is 20.0 Å². The molecule has 0 bridgehead atoms. The van der Waals surface area contributed by atoms with Crippen molar-refractivity contribution in [2.24, 2.45) is 0 Å². The highest BCUT2D eigenvalue weighted by molar-refractivity contribution is 7.92. The fourth-order valence-electron chi connectivity index (χ4n) is 1.71. The van der Waals surface area contributed by atoms with Gasteiger partial charge in [-0.3, -0.25) is 4.72 Å². The molecule has 124 valence electrons. The zero-order chi connectivity index (χ0) is 17.3. The Morgan fingerprint density at radius 2 is 1.48 bits per heavy atom. The fourth-order valence-corrected chi connectivity index (χ4v) is 4.27. The van der Waals surface area contributed by atoms with E-state index in [1.807, 2.05) is 0 Å². The minimum absolute atomic E-state index is 0.0173. The van der Waals surface area contributed by atoms with E-state index in [1.165, 1.54) is 49.5 Å². The lowest BCUT2D eigenvalue weighted by Gasteiger charge is -2.10. The maximum Gasteiger partial charge on any atom is 0.263 e. The van der Waals surface area contributed by atoms with Crippen LogP contribution in [0.5, 0.6) is 0 Å².